The Kier molecular flexibility index (Phi) is 6.22. The summed E-state index contributed by atoms with van der Waals surface area (Å²) in [6.45, 7) is 0. The fraction of sp³-hybridized carbons (Fsp3) is 0.150. The number of thioether (sulfide) groups is 1. The maximum absolute atomic E-state index is 12.4. The Bertz CT molecular complexity index is 897. The topological polar surface area (TPSA) is 74.8 Å². The van der Waals surface area contributed by atoms with Gasteiger partial charge in [0.15, 0.2) is 5.16 Å². The van der Waals surface area contributed by atoms with Gasteiger partial charge in [-0.15, -0.1) is 0 Å². The number of H-pyrrole nitrogens is 1. The number of amides is 1. The van der Waals surface area contributed by atoms with Gasteiger partial charge in [-0.2, -0.15) is 0 Å². The van der Waals surface area contributed by atoms with Crippen molar-refractivity contribution in [3.8, 4) is 0 Å². The van der Waals surface area contributed by atoms with Crippen molar-refractivity contribution in [1.29, 1.82) is 0 Å². The smallest absolute Gasteiger partial charge is 0.251 e. The number of nitrogens with zero attached hydrogens (tertiary/aromatic N) is 1. The van der Waals surface area contributed by atoms with Crippen molar-refractivity contribution in [1.82, 2.24) is 15.3 Å². The molecule has 0 aliphatic rings. The van der Waals surface area contributed by atoms with Crippen LogP contribution in [0.4, 0.5) is 0 Å². The molecule has 0 aliphatic carbocycles. The van der Waals surface area contributed by atoms with Crippen LogP contribution in [0.5, 0.6) is 0 Å². The first-order valence-corrected chi connectivity index (χ1v) is 9.25. The second kappa shape index (κ2) is 9.01. The molecule has 0 unspecified atom stereocenters. The highest BCUT2D eigenvalue weighted by Crippen LogP contribution is 2.19. The number of benzene rings is 2. The summed E-state index contributed by atoms with van der Waals surface area (Å²) in [5, 5.41) is 3.52. The van der Waals surface area contributed by atoms with Crippen molar-refractivity contribution >= 4 is 17.7 Å². The molecular weight excluding hydrogens is 346 g/mol. The Morgan fingerprint density at radius 3 is 2.42 bits per heavy atom. The molecule has 2 N–H and O–H groups in total. The van der Waals surface area contributed by atoms with E-state index in [-0.39, 0.29) is 23.3 Å². The van der Waals surface area contributed by atoms with E-state index in [0.29, 0.717) is 11.6 Å². The highest BCUT2D eigenvalue weighted by atomic mass is 32.2. The molecule has 1 atom stereocenters. The van der Waals surface area contributed by atoms with Crippen molar-refractivity contribution in [2.45, 2.75) is 17.6 Å². The monoisotopic (exact) mass is 365 g/mol. The molecule has 0 fully saturated rings. The van der Waals surface area contributed by atoms with Crippen molar-refractivity contribution in [2.75, 3.05) is 5.75 Å². The van der Waals surface area contributed by atoms with Gasteiger partial charge in [-0.25, -0.2) is 4.98 Å². The molecule has 2 aromatic carbocycles. The van der Waals surface area contributed by atoms with E-state index < -0.39 is 0 Å². The molecule has 0 saturated carbocycles. The summed E-state index contributed by atoms with van der Waals surface area (Å²) in [5.74, 6) is 0.0803. The number of hydrogen-bond donors (Lipinski definition) is 2. The third kappa shape index (κ3) is 5.32. The lowest BCUT2D eigenvalue weighted by atomic mass is 9.99. The number of carbonyl (C=O) groups excluding carboxylic acids is 1. The van der Waals surface area contributed by atoms with Gasteiger partial charge in [0.2, 0.25) is 5.91 Å². The molecular formula is C20H19N3O2S. The molecule has 132 valence electrons. The van der Waals surface area contributed by atoms with Gasteiger partial charge < -0.3 is 10.3 Å². The first-order valence-electron chi connectivity index (χ1n) is 8.27. The normalized spacial score (nSPS) is 11.7. The Morgan fingerprint density at radius 1 is 1.04 bits per heavy atom. The van der Waals surface area contributed by atoms with E-state index >= 15 is 0 Å². The Labute approximate surface area is 155 Å². The van der Waals surface area contributed by atoms with Crippen LogP contribution >= 0.6 is 11.8 Å². The number of aromatic amines is 1. The summed E-state index contributed by atoms with van der Waals surface area (Å²) in [5.41, 5.74) is 1.98. The molecule has 1 amide bonds. The van der Waals surface area contributed by atoms with E-state index in [9.17, 15) is 9.59 Å². The Hall–Kier alpha value is -2.86. The molecule has 3 aromatic rings. The van der Waals surface area contributed by atoms with E-state index in [1.54, 1.807) is 0 Å². The van der Waals surface area contributed by atoms with E-state index in [0.717, 1.165) is 11.1 Å². The average Bonchev–Trinajstić information content (AvgIpc) is 2.67. The summed E-state index contributed by atoms with van der Waals surface area (Å²) in [6.07, 6.45) is 2.14. The van der Waals surface area contributed by atoms with Crippen molar-refractivity contribution < 1.29 is 4.79 Å². The van der Waals surface area contributed by atoms with Crippen LogP contribution < -0.4 is 10.9 Å². The number of rotatable bonds is 7. The lowest BCUT2D eigenvalue weighted by Crippen LogP contribution is -2.31. The van der Waals surface area contributed by atoms with Gasteiger partial charge in [-0.05, 0) is 17.5 Å². The number of aromatic nitrogens is 2. The van der Waals surface area contributed by atoms with Crippen LogP contribution in [0, 0.1) is 0 Å². The highest BCUT2D eigenvalue weighted by molar-refractivity contribution is 7.99. The molecule has 1 heterocycles. The summed E-state index contributed by atoms with van der Waals surface area (Å²) < 4.78 is 0. The van der Waals surface area contributed by atoms with Crippen molar-refractivity contribution in [3.05, 3.63) is 94.4 Å². The van der Waals surface area contributed by atoms with E-state index in [2.05, 4.69) is 27.4 Å². The standard InChI is InChI=1S/C20H19N3O2S/c24-18-11-12-21-20(23-18)26-14-19(25)22-17(16-9-5-2-6-10-16)13-15-7-3-1-4-8-15/h1-12,17H,13-14H2,(H,22,25)(H,21,23,24)/t17-/m1/s1. The van der Waals surface area contributed by atoms with Gasteiger partial charge in [0.1, 0.15) is 0 Å². The average molecular weight is 365 g/mol. The SMILES string of the molecule is O=C(CSc1nccc(=O)[nH]1)N[C@H](Cc1ccccc1)c1ccccc1. The summed E-state index contributed by atoms with van der Waals surface area (Å²) in [4.78, 5) is 30.4. The van der Waals surface area contributed by atoms with Gasteiger partial charge in [-0.3, -0.25) is 9.59 Å². The van der Waals surface area contributed by atoms with Crippen LogP contribution in [0.3, 0.4) is 0 Å². The predicted molar refractivity (Wildman–Crippen MR) is 103 cm³/mol. The lowest BCUT2D eigenvalue weighted by molar-refractivity contribution is -0.119. The molecule has 6 heteroatoms. The zero-order chi connectivity index (χ0) is 18.2. The first kappa shape index (κ1) is 17.9. The maximum Gasteiger partial charge on any atom is 0.251 e. The van der Waals surface area contributed by atoms with Crippen LogP contribution in [0.2, 0.25) is 0 Å². The summed E-state index contributed by atoms with van der Waals surface area (Å²) >= 11 is 1.21. The van der Waals surface area contributed by atoms with Crippen LogP contribution in [0.25, 0.3) is 0 Å². The summed E-state index contributed by atoms with van der Waals surface area (Å²) in [7, 11) is 0. The summed E-state index contributed by atoms with van der Waals surface area (Å²) in [6, 6.07) is 21.2. The minimum atomic E-state index is -0.228. The lowest BCUT2D eigenvalue weighted by Gasteiger charge is -2.19. The number of carbonyl (C=O) groups is 1. The molecule has 0 aliphatic heterocycles. The van der Waals surface area contributed by atoms with Gasteiger partial charge in [-0.1, -0.05) is 72.4 Å². The largest absolute Gasteiger partial charge is 0.348 e. The molecule has 26 heavy (non-hydrogen) atoms. The van der Waals surface area contributed by atoms with Crippen LogP contribution in [-0.4, -0.2) is 21.6 Å². The van der Waals surface area contributed by atoms with Crippen LogP contribution in [-0.2, 0) is 11.2 Å². The third-order valence-electron chi connectivity index (χ3n) is 3.81. The van der Waals surface area contributed by atoms with Crippen molar-refractivity contribution in [2.24, 2.45) is 0 Å². The molecule has 0 saturated heterocycles. The molecule has 5 nitrogen and oxygen atoms in total. The minimum absolute atomic E-state index is 0.105. The predicted octanol–water partition coefficient (Wildman–Crippen LogP) is 2.96. The number of nitrogens with one attached hydrogen (secondary N) is 2. The van der Waals surface area contributed by atoms with Crippen LogP contribution in [0.1, 0.15) is 17.2 Å². The zero-order valence-electron chi connectivity index (χ0n) is 14.1. The Morgan fingerprint density at radius 2 is 1.73 bits per heavy atom. The van der Waals surface area contributed by atoms with Gasteiger partial charge in [0.25, 0.3) is 5.56 Å². The van der Waals surface area contributed by atoms with E-state index in [4.69, 9.17) is 0 Å². The van der Waals surface area contributed by atoms with E-state index in [1.165, 1.54) is 24.0 Å². The quantitative estimate of drug-likeness (QED) is 0.499. The Balaban J connectivity index is 1.66. The molecule has 0 spiro atoms. The molecule has 1 aromatic heterocycles. The third-order valence-corrected chi connectivity index (χ3v) is 4.70. The van der Waals surface area contributed by atoms with Gasteiger partial charge in [0.05, 0.1) is 11.8 Å². The maximum atomic E-state index is 12.4. The van der Waals surface area contributed by atoms with Gasteiger partial charge in [0, 0.05) is 12.3 Å². The molecule has 0 radical (unpaired) electrons. The molecule has 3 rings (SSSR count). The van der Waals surface area contributed by atoms with Crippen molar-refractivity contribution in [3.63, 3.8) is 0 Å². The highest BCUT2D eigenvalue weighted by Gasteiger charge is 2.15. The second-order valence-electron chi connectivity index (χ2n) is 5.75. The van der Waals surface area contributed by atoms with E-state index in [1.807, 2.05) is 48.5 Å². The fourth-order valence-corrected chi connectivity index (χ4v) is 3.24. The minimum Gasteiger partial charge on any atom is -0.348 e. The number of hydrogen-bond acceptors (Lipinski definition) is 4. The second-order valence-corrected chi connectivity index (χ2v) is 6.71. The first-order chi connectivity index (χ1) is 12.7. The van der Waals surface area contributed by atoms with Crippen LogP contribution in [0.15, 0.2) is 82.9 Å². The molecule has 0 bridgehead atoms. The zero-order valence-corrected chi connectivity index (χ0v) is 14.9. The fourth-order valence-electron chi connectivity index (χ4n) is 2.58. The van der Waals surface area contributed by atoms with Gasteiger partial charge >= 0.3 is 0 Å².